The van der Waals surface area contributed by atoms with Crippen molar-refractivity contribution in [3.8, 4) is 11.1 Å². The smallest absolute Gasteiger partial charge is 0.152 e. The first-order valence-electron chi connectivity index (χ1n) is 7.99. The zero-order valence-electron chi connectivity index (χ0n) is 13.5. The number of halogens is 2. The summed E-state index contributed by atoms with van der Waals surface area (Å²) >= 11 is 12.8. The molecular formula is C22H12Cl2O2. The van der Waals surface area contributed by atoms with Crippen LogP contribution in [0.2, 0.25) is 10.0 Å². The monoisotopic (exact) mass is 378 g/mol. The van der Waals surface area contributed by atoms with Crippen molar-refractivity contribution in [3.63, 3.8) is 0 Å². The van der Waals surface area contributed by atoms with Gasteiger partial charge in [0, 0.05) is 27.6 Å². The van der Waals surface area contributed by atoms with Crippen molar-refractivity contribution in [2.45, 2.75) is 0 Å². The minimum absolute atomic E-state index is 0.195. The molecule has 2 nitrogen and oxygen atoms in total. The Hall–Kier alpha value is -2.68. The third kappa shape index (κ3) is 2.42. The lowest BCUT2D eigenvalue weighted by molar-refractivity contribution is 0.111. The van der Waals surface area contributed by atoms with Gasteiger partial charge in [-0.25, -0.2) is 0 Å². The Morgan fingerprint density at radius 3 is 1.96 bits per heavy atom. The molecule has 126 valence electrons. The van der Waals surface area contributed by atoms with Crippen LogP contribution in [0.4, 0.5) is 0 Å². The van der Waals surface area contributed by atoms with E-state index in [0.29, 0.717) is 28.0 Å². The van der Waals surface area contributed by atoms with E-state index < -0.39 is 0 Å². The van der Waals surface area contributed by atoms with Crippen LogP contribution in [0, 0.1) is 0 Å². The first-order chi connectivity index (χ1) is 12.7. The number of aldehydes is 2. The quantitative estimate of drug-likeness (QED) is 0.376. The predicted molar refractivity (Wildman–Crippen MR) is 108 cm³/mol. The first kappa shape index (κ1) is 16.8. The average molecular weight is 379 g/mol. The van der Waals surface area contributed by atoms with Gasteiger partial charge in [-0.1, -0.05) is 83.9 Å². The second kappa shape index (κ2) is 6.56. The van der Waals surface area contributed by atoms with E-state index in [1.54, 1.807) is 6.07 Å². The molecule has 0 aliphatic heterocycles. The molecule has 0 spiro atoms. The van der Waals surface area contributed by atoms with Crippen LogP contribution in [-0.4, -0.2) is 12.6 Å². The van der Waals surface area contributed by atoms with Gasteiger partial charge in [-0.15, -0.1) is 0 Å². The van der Waals surface area contributed by atoms with Gasteiger partial charge < -0.3 is 0 Å². The molecule has 0 saturated heterocycles. The molecule has 0 aliphatic rings. The van der Waals surface area contributed by atoms with Gasteiger partial charge >= 0.3 is 0 Å². The standard InChI is InChI=1S/C22H12Cl2O2/c23-21-17-8-4-3-7-16(17)20(18(12-26)22(21)24)19-14(11-25)10-9-13-5-1-2-6-15(13)19/h1-12H. The van der Waals surface area contributed by atoms with E-state index in [-0.39, 0.29) is 10.6 Å². The van der Waals surface area contributed by atoms with Crippen molar-refractivity contribution >= 4 is 57.3 Å². The molecule has 0 radical (unpaired) electrons. The fourth-order valence-electron chi connectivity index (χ4n) is 3.43. The van der Waals surface area contributed by atoms with Crippen LogP contribution in [0.3, 0.4) is 0 Å². The number of carbonyl (C=O) groups is 2. The van der Waals surface area contributed by atoms with Crippen molar-refractivity contribution in [1.82, 2.24) is 0 Å². The minimum atomic E-state index is 0.195. The summed E-state index contributed by atoms with van der Waals surface area (Å²) in [6, 6.07) is 18.9. The Bertz CT molecular complexity index is 1200. The summed E-state index contributed by atoms with van der Waals surface area (Å²) in [5, 5.41) is 3.90. The summed E-state index contributed by atoms with van der Waals surface area (Å²) in [6.45, 7) is 0. The fraction of sp³-hybridized carbons (Fsp3) is 0. The van der Waals surface area contributed by atoms with E-state index in [1.165, 1.54) is 0 Å². The average Bonchev–Trinajstić information content (AvgIpc) is 2.70. The zero-order valence-corrected chi connectivity index (χ0v) is 15.0. The maximum atomic E-state index is 11.9. The van der Waals surface area contributed by atoms with E-state index in [0.717, 1.165) is 27.8 Å². The highest BCUT2D eigenvalue weighted by molar-refractivity contribution is 6.47. The van der Waals surface area contributed by atoms with Crippen LogP contribution in [-0.2, 0) is 0 Å². The van der Waals surface area contributed by atoms with Crippen LogP contribution in [0.15, 0.2) is 60.7 Å². The number of hydrogen-bond donors (Lipinski definition) is 0. The van der Waals surface area contributed by atoms with E-state index in [1.807, 2.05) is 54.6 Å². The van der Waals surface area contributed by atoms with Crippen LogP contribution in [0.5, 0.6) is 0 Å². The van der Waals surface area contributed by atoms with E-state index in [4.69, 9.17) is 23.2 Å². The molecule has 26 heavy (non-hydrogen) atoms. The Labute approximate surface area is 160 Å². The maximum Gasteiger partial charge on any atom is 0.152 e. The van der Waals surface area contributed by atoms with Gasteiger partial charge in [-0.2, -0.15) is 0 Å². The summed E-state index contributed by atoms with van der Waals surface area (Å²) in [5.41, 5.74) is 2.10. The summed E-state index contributed by atoms with van der Waals surface area (Å²) < 4.78 is 0. The van der Waals surface area contributed by atoms with Crippen molar-refractivity contribution in [2.24, 2.45) is 0 Å². The number of benzene rings is 4. The lowest BCUT2D eigenvalue weighted by Crippen LogP contribution is -1.97. The Balaban J connectivity index is 2.31. The van der Waals surface area contributed by atoms with Gasteiger partial charge in [0.2, 0.25) is 0 Å². The molecule has 4 aromatic rings. The molecule has 0 amide bonds. The Morgan fingerprint density at radius 2 is 1.27 bits per heavy atom. The topological polar surface area (TPSA) is 34.1 Å². The molecule has 0 aromatic heterocycles. The molecule has 0 heterocycles. The van der Waals surface area contributed by atoms with Gasteiger partial charge in [-0.05, 0) is 16.2 Å². The van der Waals surface area contributed by atoms with E-state index in [2.05, 4.69) is 0 Å². The summed E-state index contributed by atoms with van der Waals surface area (Å²) in [6.07, 6.45) is 1.50. The summed E-state index contributed by atoms with van der Waals surface area (Å²) in [5.74, 6) is 0. The molecule has 0 atom stereocenters. The minimum Gasteiger partial charge on any atom is -0.298 e. The summed E-state index contributed by atoms with van der Waals surface area (Å²) in [7, 11) is 0. The highest BCUT2D eigenvalue weighted by Crippen LogP contribution is 2.44. The number of rotatable bonds is 3. The SMILES string of the molecule is O=Cc1ccc2ccccc2c1-c1c(C=O)c(Cl)c(Cl)c2ccccc12. The van der Waals surface area contributed by atoms with Crippen molar-refractivity contribution in [3.05, 3.63) is 81.8 Å². The van der Waals surface area contributed by atoms with Gasteiger partial charge in [0.1, 0.15) is 0 Å². The van der Waals surface area contributed by atoms with Crippen LogP contribution >= 0.6 is 23.2 Å². The molecule has 0 bridgehead atoms. The summed E-state index contributed by atoms with van der Waals surface area (Å²) in [4.78, 5) is 23.7. The molecular weight excluding hydrogens is 367 g/mol. The largest absolute Gasteiger partial charge is 0.298 e. The molecule has 0 saturated carbocycles. The molecule has 4 rings (SSSR count). The highest BCUT2D eigenvalue weighted by atomic mass is 35.5. The predicted octanol–water partition coefficient (Wildman–Crippen LogP) is 6.59. The normalized spacial score (nSPS) is 11.0. The Kier molecular flexibility index (Phi) is 4.23. The molecule has 4 aromatic carbocycles. The van der Waals surface area contributed by atoms with Crippen molar-refractivity contribution < 1.29 is 9.59 Å². The van der Waals surface area contributed by atoms with Gasteiger partial charge in [-0.3, -0.25) is 9.59 Å². The fourth-order valence-corrected chi connectivity index (χ4v) is 3.94. The molecule has 0 unspecified atom stereocenters. The molecule has 0 fully saturated rings. The lowest BCUT2D eigenvalue weighted by atomic mass is 9.87. The highest BCUT2D eigenvalue weighted by Gasteiger charge is 2.21. The third-order valence-electron chi connectivity index (χ3n) is 4.59. The van der Waals surface area contributed by atoms with E-state index in [9.17, 15) is 9.59 Å². The van der Waals surface area contributed by atoms with Crippen LogP contribution < -0.4 is 0 Å². The van der Waals surface area contributed by atoms with Crippen molar-refractivity contribution in [1.29, 1.82) is 0 Å². The first-order valence-corrected chi connectivity index (χ1v) is 8.75. The number of carbonyl (C=O) groups excluding carboxylic acids is 2. The van der Waals surface area contributed by atoms with Gasteiger partial charge in [0.05, 0.1) is 10.0 Å². The second-order valence-electron chi connectivity index (χ2n) is 5.95. The Morgan fingerprint density at radius 1 is 0.615 bits per heavy atom. The van der Waals surface area contributed by atoms with Crippen LogP contribution in [0.1, 0.15) is 20.7 Å². The molecule has 0 N–H and O–H groups in total. The van der Waals surface area contributed by atoms with Crippen LogP contribution in [0.25, 0.3) is 32.7 Å². The number of hydrogen-bond acceptors (Lipinski definition) is 2. The second-order valence-corrected chi connectivity index (χ2v) is 6.70. The van der Waals surface area contributed by atoms with E-state index >= 15 is 0 Å². The number of fused-ring (bicyclic) bond motifs is 2. The molecule has 0 aliphatic carbocycles. The van der Waals surface area contributed by atoms with Gasteiger partial charge in [0.25, 0.3) is 0 Å². The lowest BCUT2D eigenvalue weighted by Gasteiger charge is -2.17. The van der Waals surface area contributed by atoms with Crippen molar-refractivity contribution in [2.75, 3.05) is 0 Å². The maximum absolute atomic E-state index is 11.9. The van der Waals surface area contributed by atoms with Gasteiger partial charge in [0.15, 0.2) is 12.6 Å². The zero-order chi connectivity index (χ0) is 18.3. The third-order valence-corrected chi connectivity index (χ3v) is 5.47. The molecule has 4 heteroatoms.